The first-order valence-electron chi connectivity index (χ1n) is 14.6. The third-order valence-corrected chi connectivity index (χ3v) is 6.94. The lowest BCUT2D eigenvalue weighted by atomic mass is 10.1. The van der Waals surface area contributed by atoms with E-state index in [4.69, 9.17) is 0 Å². The number of aryl methyl sites for hydroxylation is 1. The minimum Gasteiger partial charge on any atom is -0.303 e. The van der Waals surface area contributed by atoms with Crippen molar-refractivity contribution >= 4 is 0 Å². The molecule has 0 amide bonds. The van der Waals surface area contributed by atoms with Crippen LogP contribution in [0.5, 0.6) is 0 Å². The maximum Gasteiger partial charge on any atom is -0.00187 e. The minimum atomic E-state index is 1.25. The van der Waals surface area contributed by atoms with Gasteiger partial charge in [0.2, 0.25) is 0 Å². The van der Waals surface area contributed by atoms with Crippen LogP contribution in [0.1, 0.15) is 141 Å². The van der Waals surface area contributed by atoms with Crippen molar-refractivity contribution in [3.8, 4) is 0 Å². The molecule has 0 N–H and O–H groups in total. The predicted octanol–water partition coefficient (Wildman–Crippen LogP) is 9.98. The molecule has 0 aliphatic carbocycles. The molecule has 1 rings (SSSR count). The van der Waals surface area contributed by atoms with Crippen LogP contribution in [-0.4, -0.2) is 24.5 Å². The number of hydrogen-bond donors (Lipinski definition) is 0. The summed E-state index contributed by atoms with van der Waals surface area (Å²) < 4.78 is 0. The number of hydrogen-bond acceptors (Lipinski definition) is 1. The van der Waals surface area contributed by atoms with Crippen LogP contribution in [0.2, 0.25) is 0 Å². The van der Waals surface area contributed by atoms with Crippen LogP contribution in [0.3, 0.4) is 0 Å². The summed E-state index contributed by atoms with van der Waals surface area (Å²) in [4.78, 5) is 2.80. The Hall–Kier alpha value is -0.820. The van der Waals surface area contributed by atoms with Crippen molar-refractivity contribution in [1.82, 2.24) is 4.90 Å². The summed E-state index contributed by atoms with van der Waals surface area (Å²) in [6, 6.07) is 11.0. The van der Waals surface area contributed by atoms with Crippen molar-refractivity contribution in [1.29, 1.82) is 0 Å². The highest BCUT2D eigenvalue weighted by Gasteiger charge is 2.05. The fraction of sp³-hybridized carbons (Fsp3) is 0.806. The molecule has 1 nitrogen and oxygen atoms in total. The zero-order valence-corrected chi connectivity index (χ0v) is 22.1. The van der Waals surface area contributed by atoms with E-state index in [0.29, 0.717) is 0 Å². The van der Waals surface area contributed by atoms with E-state index in [1.54, 1.807) is 0 Å². The second-order valence-corrected chi connectivity index (χ2v) is 10.1. The van der Waals surface area contributed by atoms with Crippen molar-refractivity contribution in [3.05, 3.63) is 35.9 Å². The average molecular weight is 444 g/mol. The molecule has 0 spiro atoms. The standard InChI is InChI=1S/C31H57N/c1-3-5-7-9-11-12-13-14-16-23-29-32(28-22-15-10-8-6-4-2)30-24-18-21-27-31-25-19-17-20-26-31/h17,19-20,25-26H,3-16,18,21-24,27-30H2,1-2H3. The predicted molar refractivity (Wildman–Crippen MR) is 146 cm³/mol. The van der Waals surface area contributed by atoms with Crippen LogP contribution in [0.25, 0.3) is 0 Å². The van der Waals surface area contributed by atoms with Crippen molar-refractivity contribution in [2.45, 2.75) is 142 Å². The van der Waals surface area contributed by atoms with E-state index < -0.39 is 0 Å². The van der Waals surface area contributed by atoms with E-state index in [-0.39, 0.29) is 0 Å². The van der Waals surface area contributed by atoms with E-state index >= 15 is 0 Å². The first-order valence-corrected chi connectivity index (χ1v) is 14.6. The summed E-state index contributed by atoms with van der Waals surface area (Å²) in [7, 11) is 0. The highest BCUT2D eigenvalue weighted by Crippen LogP contribution is 2.13. The molecular weight excluding hydrogens is 386 g/mol. The number of benzene rings is 1. The van der Waals surface area contributed by atoms with Crippen molar-refractivity contribution < 1.29 is 0 Å². The Morgan fingerprint density at radius 1 is 0.438 bits per heavy atom. The zero-order chi connectivity index (χ0) is 23.0. The Labute approximate surface area is 202 Å². The molecule has 186 valence electrons. The maximum absolute atomic E-state index is 2.80. The van der Waals surface area contributed by atoms with Crippen molar-refractivity contribution in [2.75, 3.05) is 19.6 Å². The lowest BCUT2D eigenvalue weighted by Crippen LogP contribution is -2.27. The van der Waals surface area contributed by atoms with Gasteiger partial charge in [0, 0.05) is 0 Å². The molecule has 0 unspecified atom stereocenters. The summed E-state index contributed by atoms with van der Waals surface area (Å²) in [5.74, 6) is 0. The van der Waals surface area contributed by atoms with E-state index in [1.807, 2.05) is 0 Å². The molecule has 1 heteroatoms. The summed E-state index contributed by atoms with van der Waals surface area (Å²) in [5, 5.41) is 0. The van der Waals surface area contributed by atoms with Gasteiger partial charge in [0.25, 0.3) is 0 Å². The molecule has 0 fully saturated rings. The SMILES string of the molecule is CCCCCCCCCCCCN(CCCCCCCC)CCCCCc1ccccc1. The van der Waals surface area contributed by atoms with Gasteiger partial charge in [0.05, 0.1) is 0 Å². The van der Waals surface area contributed by atoms with E-state index in [2.05, 4.69) is 49.1 Å². The highest BCUT2D eigenvalue weighted by molar-refractivity contribution is 5.14. The Morgan fingerprint density at radius 2 is 0.812 bits per heavy atom. The third kappa shape index (κ3) is 18.7. The van der Waals surface area contributed by atoms with Gasteiger partial charge < -0.3 is 4.90 Å². The lowest BCUT2D eigenvalue weighted by molar-refractivity contribution is 0.254. The maximum atomic E-state index is 2.80. The van der Waals surface area contributed by atoms with Crippen LogP contribution in [0, 0.1) is 0 Å². The Bertz CT molecular complexity index is 469. The lowest BCUT2D eigenvalue weighted by Gasteiger charge is -2.22. The number of nitrogens with zero attached hydrogens (tertiary/aromatic N) is 1. The van der Waals surface area contributed by atoms with E-state index in [9.17, 15) is 0 Å². The normalized spacial score (nSPS) is 11.5. The summed E-state index contributed by atoms with van der Waals surface area (Å²) in [6.45, 7) is 8.61. The third-order valence-electron chi connectivity index (χ3n) is 6.94. The van der Waals surface area contributed by atoms with Crippen LogP contribution < -0.4 is 0 Å². The number of unbranched alkanes of at least 4 members (excludes halogenated alkanes) is 16. The summed E-state index contributed by atoms with van der Waals surface area (Å²) in [5.41, 5.74) is 1.50. The first-order chi connectivity index (χ1) is 15.9. The molecule has 0 atom stereocenters. The molecule has 32 heavy (non-hydrogen) atoms. The topological polar surface area (TPSA) is 3.24 Å². The quantitative estimate of drug-likeness (QED) is 0.144. The van der Waals surface area contributed by atoms with Gasteiger partial charge in [-0.15, -0.1) is 0 Å². The van der Waals surface area contributed by atoms with Gasteiger partial charge in [-0.1, -0.05) is 140 Å². The average Bonchev–Trinajstić information content (AvgIpc) is 2.82. The van der Waals surface area contributed by atoms with Gasteiger partial charge >= 0.3 is 0 Å². The van der Waals surface area contributed by atoms with Crippen LogP contribution >= 0.6 is 0 Å². The molecule has 0 saturated heterocycles. The van der Waals surface area contributed by atoms with Crippen LogP contribution in [0.15, 0.2) is 30.3 Å². The molecular formula is C31H57N. The van der Waals surface area contributed by atoms with E-state index in [1.165, 1.54) is 154 Å². The minimum absolute atomic E-state index is 1.25. The fourth-order valence-electron chi connectivity index (χ4n) is 4.76. The van der Waals surface area contributed by atoms with Gasteiger partial charge in [-0.05, 0) is 57.3 Å². The molecule has 0 aliphatic rings. The molecule has 0 radical (unpaired) electrons. The Balaban J connectivity index is 2.11. The largest absolute Gasteiger partial charge is 0.303 e. The molecule has 1 aromatic carbocycles. The van der Waals surface area contributed by atoms with Gasteiger partial charge in [-0.3, -0.25) is 0 Å². The van der Waals surface area contributed by atoms with E-state index in [0.717, 1.165) is 0 Å². The van der Waals surface area contributed by atoms with Crippen LogP contribution in [-0.2, 0) is 6.42 Å². The zero-order valence-electron chi connectivity index (χ0n) is 22.1. The molecule has 0 saturated carbocycles. The van der Waals surface area contributed by atoms with Gasteiger partial charge in [-0.25, -0.2) is 0 Å². The van der Waals surface area contributed by atoms with Crippen molar-refractivity contribution in [2.24, 2.45) is 0 Å². The molecule has 0 aromatic heterocycles. The monoisotopic (exact) mass is 443 g/mol. The first kappa shape index (κ1) is 29.2. The van der Waals surface area contributed by atoms with Gasteiger partial charge in [0.15, 0.2) is 0 Å². The fourth-order valence-corrected chi connectivity index (χ4v) is 4.76. The van der Waals surface area contributed by atoms with Crippen molar-refractivity contribution in [3.63, 3.8) is 0 Å². The molecule has 1 aromatic rings. The molecule has 0 aliphatic heterocycles. The summed E-state index contributed by atoms with van der Waals surface area (Å²) in [6.07, 6.45) is 28.2. The Morgan fingerprint density at radius 3 is 1.25 bits per heavy atom. The number of rotatable bonds is 24. The van der Waals surface area contributed by atoms with Crippen LogP contribution in [0.4, 0.5) is 0 Å². The smallest absolute Gasteiger partial charge is 0.00187 e. The second kappa shape index (κ2) is 23.3. The Kier molecular flexibility index (Phi) is 21.3. The van der Waals surface area contributed by atoms with Gasteiger partial charge in [0.1, 0.15) is 0 Å². The highest BCUT2D eigenvalue weighted by atomic mass is 15.1. The summed E-state index contributed by atoms with van der Waals surface area (Å²) >= 11 is 0. The van der Waals surface area contributed by atoms with Gasteiger partial charge in [-0.2, -0.15) is 0 Å². The molecule has 0 bridgehead atoms. The molecule has 0 heterocycles. The second-order valence-electron chi connectivity index (χ2n) is 10.1.